The zero-order valence-electron chi connectivity index (χ0n) is 41.5. The molecular weight excluding hydrogens is 985 g/mol. The van der Waals surface area contributed by atoms with Crippen LogP contribution < -0.4 is 0 Å². The van der Waals surface area contributed by atoms with Gasteiger partial charge in [-0.2, -0.15) is 10.5 Å². The van der Waals surface area contributed by atoms with Gasteiger partial charge in [0.05, 0.1) is 54.0 Å². The van der Waals surface area contributed by atoms with Gasteiger partial charge in [0.15, 0.2) is 0 Å². The summed E-state index contributed by atoms with van der Waals surface area (Å²) in [7, 11) is 0. The van der Waals surface area contributed by atoms with E-state index < -0.39 is 0 Å². The van der Waals surface area contributed by atoms with Crippen molar-refractivity contribution in [2.75, 3.05) is 0 Å². The molecule has 0 aliphatic rings. The van der Waals surface area contributed by atoms with Crippen LogP contribution in [0, 0.1) is 22.7 Å². The number of aromatic nitrogens is 2. The van der Waals surface area contributed by atoms with Gasteiger partial charge in [0.2, 0.25) is 0 Å². The molecule has 4 heterocycles. The van der Waals surface area contributed by atoms with E-state index >= 15 is 0 Å². The molecule has 6 heteroatoms. The molecule has 4 nitrogen and oxygen atoms in total. The van der Waals surface area contributed by atoms with Crippen molar-refractivity contribution in [2.24, 2.45) is 0 Å². The molecule has 4 aromatic heterocycles. The predicted molar refractivity (Wildman–Crippen MR) is 331 cm³/mol. The monoisotopic (exact) mass is 1020 g/mol. The zero-order valence-corrected chi connectivity index (χ0v) is 43.2. The SMILES string of the molecule is N#Cc1c(-c2cc3ccccc3c3ccccc23)c(C#N)c(-n2c3ccccc3c3ccc4c5ccccc5sc4c32)c(-c2cc3ccccc3c3ccccc23)c1-n1c2ccccc2c2ccc3c4ccccc4sc3c21. The molecule has 0 amide bonds. The largest absolute Gasteiger partial charge is 0.306 e. The second-order valence-electron chi connectivity index (χ2n) is 20.4. The van der Waals surface area contributed by atoms with Gasteiger partial charge in [0.25, 0.3) is 0 Å². The van der Waals surface area contributed by atoms with E-state index in [1.807, 2.05) is 0 Å². The second kappa shape index (κ2) is 16.2. The quantitative estimate of drug-likeness (QED) is 0.165. The Kier molecular flexibility index (Phi) is 8.98. The third-order valence-electron chi connectivity index (χ3n) is 16.6. The van der Waals surface area contributed by atoms with E-state index in [2.05, 4.69) is 252 Å². The highest BCUT2D eigenvalue weighted by Crippen LogP contribution is 2.54. The first-order valence-electron chi connectivity index (χ1n) is 26.2. The standard InChI is InChI=1S/C72H38N4S2/c73-39-59-65(57-37-41-17-1-3-19-43(41)45-21-5-7-23-47(45)57)60(40-74)68(76-62-30-14-10-26-50(62)54-34-36-56-52-28-12-16-32-64(52)78-72(56)70(54)76)66(58-38-42-18-2-4-20-44(42)46-22-6-8-24-48(46)58)67(59)75-61-29-13-9-25-49(61)53-33-35-55-51-27-11-15-31-63(51)77-71(55)69(53)75/h1-38H. The Balaban J connectivity index is 1.22. The van der Waals surface area contributed by atoms with E-state index in [9.17, 15) is 10.5 Å². The Morgan fingerprint density at radius 2 is 0.641 bits per heavy atom. The van der Waals surface area contributed by atoms with Gasteiger partial charge in [-0.15, -0.1) is 22.7 Å². The van der Waals surface area contributed by atoms with Crippen LogP contribution in [0.3, 0.4) is 0 Å². The van der Waals surface area contributed by atoms with Gasteiger partial charge in [0.1, 0.15) is 12.1 Å². The van der Waals surface area contributed by atoms with Crippen molar-refractivity contribution in [1.82, 2.24) is 9.13 Å². The fourth-order valence-electron chi connectivity index (χ4n) is 13.4. The molecule has 0 aliphatic carbocycles. The summed E-state index contributed by atoms with van der Waals surface area (Å²) < 4.78 is 9.49. The molecule has 0 aliphatic heterocycles. The van der Waals surface area contributed by atoms with Crippen LogP contribution in [0.2, 0.25) is 0 Å². The molecule has 0 fully saturated rings. The van der Waals surface area contributed by atoms with Crippen molar-refractivity contribution in [2.45, 2.75) is 0 Å². The minimum absolute atomic E-state index is 0.427. The average Bonchev–Trinajstić information content (AvgIpc) is 4.32. The van der Waals surface area contributed by atoms with Crippen molar-refractivity contribution in [3.8, 4) is 45.8 Å². The van der Waals surface area contributed by atoms with Gasteiger partial charge in [-0.1, -0.05) is 194 Å². The average molecular weight is 1020 g/mol. The van der Waals surface area contributed by atoms with Crippen LogP contribution in [-0.2, 0) is 0 Å². The number of benzene rings is 13. The van der Waals surface area contributed by atoms with Gasteiger partial charge >= 0.3 is 0 Å². The normalized spacial score (nSPS) is 12.1. The van der Waals surface area contributed by atoms with Crippen LogP contribution in [0.4, 0.5) is 0 Å². The van der Waals surface area contributed by atoms with Crippen molar-refractivity contribution in [3.63, 3.8) is 0 Å². The summed E-state index contributed by atoms with van der Waals surface area (Å²) in [5.74, 6) is 0. The number of hydrogen-bond acceptors (Lipinski definition) is 4. The molecule has 0 saturated heterocycles. The molecule has 0 spiro atoms. The summed E-state index contributed by atoms with van der Waals surface area (Å²) >= 11 is 3.59. The first kappa shape index (κ1) is 43.2. The fraction of sp³-hybridized carbons (Fsp3) is 0. The van der Waals surface area contributed by atoms with E-state index in [4.69, 9.17) is 0 Å². The molecular formula is C72H38N4S2. The molecule has 0 radical (unpaired) electrons. The lowest BCUT2D eigenvalue weighted by Gasteiger charge is -2.27. The van der Waals surface area contributed by atoms with Crippen LogP contribution in [0.25, 0.3) is 161 Å². The summed E-state index contributed by atoms with van der Waals surface area (Å²) in [5, 5.41) is 42.9. The summed E-state index contributed by atoms with van der Waals surface area (Å²) in [4.78, 5) is 0. The first-order valence-corrected chi connectivity index (χ1v) is 27.8. The third-order valence-corrected chi connectivity index (χ3v) is 18.9. The summed E-state index contributed by atoms with van der Waals surface area (Å²) in [6.45, 7) is 0. The molecule has 0 unspecified atom stereocenters. The minimum Gasteiger partial charge on any atom is -0.306 e. The first-order chi connectivity index (χ1) is 38.7. The maximum Gasteiger partial charge on any atom is 0.102 e. The number of nitriles is 2. The Hall–Kier alpha value is -10.1. The van der Waals surface area contributed by atoms with E-state index in [-0.39, 0.29) is 0 Å². The topological polar surface area (TPSA) is 57.4 Å². The molecule has 17 rings (SSSR count). The maximum atomic E-state index is 12.7. The fourth-order valence-corrected chi connectivity index (χ4v) is 15.8. The number of para-hydroxylation sites is 2. The van der Waals surface area contributed by atoms with Gasteiger partial charge in [-0.05, 0) is 90.6 Å². The molecule has 17 aromatic rings. The highest BCUT2D eigenvalue weighted by atomic mass is 32.1. The molecule has 0 N–H and O–H groups in total. The van der Waals surface area contributed by atoms with Crippen LogP contribution in [0.1, 0.15) is 11.1 Å². The smallest absolute Gasteiger partial charge is 0.102 e. The lowest BCUT2D eigenvalue weighted by molar-refractivity contribution is 1.13. The Bertz CT molecular complexity index is 5390. The number of rotatable bonds is 4. The second-order valence-corrected chi connectivity index (χ2v) is 22.5. The molecule has 78 heavy (non-hydrogen) atoms. The third kappa shape index (κ3) is 5.74. The summed E-state index contributed by atoms with van der Waals surface area (Å²) in [6, 6.07) is 88.5. The molecule has 358 valence electrons. The highest BCUT2D eigenvalue weighted by Gasteiger charge is 2.34. The van der Waals surface area contributed by atoms with Crippen LogP contribution >= 0.6 is 22.7 Å². The Morgan fingerprint density at radius 1 is 0.295 bits per heavy atom. The number of fused-ring (bicyclic) bond motifs is 20. The van der Waals surface area contributed by atoms with E-state index in [0.717, 1.165) is 135 Å². The minimum atomic E-state index is 0.427. The van der Waals surface area contributed by atoms with Crippen molar-refractivity contribution >= 4 is 150 Å². The Morgan fingerprint density at radius 3 is 1.09 bits per heavy atom. The molecule has 13 aromatic carbocycles. The van der Waals surface area contributed by atoms with Crippen molar-refractivity contribution in [3.05, 3.63) is 242 Å². The van der Waals surface area contributed by atoms with Crippen molar-refractivity contribution < 1.29 is 0 Å². The number of nitrogens with zero attached hydrogens (tertiary/aromatic N) is 4. The van der Waals surface area contributed by atoms with Crippen molar-refractivity contribution in [1.29, 1.82) is 10.5 Å². The predicted octanol–water partition coefficient (Wildman–Crippen LogP) is 20.3. The van der Waals surface area contributed by atoms with Crippen LogP contribution in [0.15, 0.2) is 231 Å². The van der Waals surface area contributed by atoms with E-state index in [0.29, 0.717) is 16.7 Å². The van der Waals surface area contributed by atoms with E-state index in [1.165, 1.54) is 20.2 Å². The molecule has 0 atom stereocenters. The summed E-state index contributed by atoms with van der Waals surface area (Å²) in [5.41, 5.74) is 9.47. The lowest BCUT2D eigenvalue weighted by atomic mass is 9.82. The zero-order chi connectivity index (χ0) is 51.3. The Labute approximate surface area is 453 Å². The maximum absolute atomic E-state index is 12.7. The van der Waals surface area contributed by atoms with Gasteiger partial charge in [0, 0.05) is 63.6 Å². The van der Waals surface area contributed by atoms with Gasteiger partial charge in [-0.25, -0.2) is 0 Å². The van der Waals surface area contributed by atoms with Crippen LogP contribution in [-0.4, -0.2) is 9.13 Å². The van der Waals surface area contributed by atoms with E-state index in [1.54, 1.807) is 22.7 Å². The molecule has 0 bridgehead atoms. The number of hydrogen-bond donors (Lipinski definition) is 0. The number of thiophene rings is 2. The summed E-state index contributed by atoms with van der Waals surface area (Å²) in [6.07, 6.45) is 0. The van der Waals surface area contributed by atoms with Crippen LogP contribution in [0.5, 0.6) is 0 Å². The van der Waals surface area contributed by atoms with Gasteiger partial charge < -0.3 is 9.13 Å². The van der Waals surface area contributed by atoms with Gasteiger partial charge in [-0.3, -0.25) is 0 Å². The highest BCUT2D eigenvalue weighted by molar-refractivity contribution is 7.27. The molecule has 0 saturated carbocycles. The lowest BCUT2D eigenvalue weighted by Crippen LogP contribution is -2.11.